The van der Waals surface area contributed by atoms with E-state index in [1.165, 1.54) is 16.7 Å². The molecule has 7 heteroatoms. The second-order valence-electron chi connectivity index (χ2n) is 6.24. The average molecular weight is 376 g/mol. The fourth-order valence-electron chi connectivity index (χ4n) is 2.75. The first-order valence-electron chi connectivity index (χ1n) is 8.08. The van der Waals surface area contributed by atoms with E-state index in [9.17, 15) is 18.4 Å². The summed E-state index contributed by atoms with van der Waals surface area (Å²) >= 11 is 1.42. The number of halogens is 2. The zero-order valence-corrected chi connectivity index (χ0v) is 15.2. The fourth-order valence-corrected chi connectivity index (χ4v) is 3.90. The Hall–Kier alpha value is -2.41. The molecular formula is C19H18F2N2O2S. The number of amides is 2. The highest BCUT2D eigenvalue weighted by Gasteiger charge is 2.35. The lowest BCUT2D eigenvalue weighted by Crippen LogP contribution is -2.44. The van der Waals surface area contributed by atoms with Gasteiger partial charge in [-0.05, 0) is 49.2 Å². The molecule has 2 aromatic rings. The number of thioether (sulfide) groups is 1. The van der Waals surface area contributed by atoms with Gasteiger partial charge in [-0.3, -0.25) is 9.59 Å². The SMILES string of the molecule is Cc1ccc(NC(=O)C2CSCN2C(=O)c2cc(F)cc(F)c2)cc1C. The molecule has 1 aliphatic heterocycles. The maximum atomic E-state index is 13.4. The number of carbonyl (C=O) groups excluding carboxylic acids is 2. The molecule has 1 N–H and O–H groups in total. The van der Waals surface area contributed by atoms with E-state index in [0.717, 1.165) is 23.3 Å². The Morgan fingerprint density at radius 1 is 1.08 bits per heavy atom. The van der Waals surface area contributed by atoms with Gasteiger partial charge < -0.3 is 10.2 Å². The van der Waals surface area contributed by atoms with E-state index in [1.54, 1.807) is 6.07 Å². The standard InChI is InChI=1S/C19H18F2N2O2S/c1-11-3-4-16(5-12(11)2)22-18(24)17-9-26-10-23(17)19(25)13-6-14(20)8-15(21)7-13/h3-8,17H,9-10H2,1-2H3,(H,22,24). The van der Waals surface area contributed by atoms with Crippen LogP contribution in [0.1, 0.15) is 21.5 Å². The first-order chi connectivity index (χ1) is 12.3. The Morgan fingerprint density at radius 3 is 2.42 bits per heavy atom. The fraction of sp³-hybridized carbons (Fsp3) is 0.263. The van der Waals surface area contributed by atoms with E-state index in [4.69, 9.17) is 0 Å². The first kappa shape index (κ1) is 18.4. The molecule has 0 radical (unpaired) electrons. The zero-order valence-electron chi connectivity index (χ0n) is 14.4. The van der Waals surface area contributed by atoms with Crippen molar-refractivity contribution < 1.29 is 18.4 Å². The molecule has 4 nitrogen and oxygen atoms in total. The van der Waals surface area contributed by atoms with E-state index >= 15 is 0 Å². The highest BCUT2D eigenvalue weighted by molar-refractivity contribution is 7.99. The van der Waals surface area contributed by atoms with Crippen LogP contribution < -0.4 is 5.32 Å². The van der Waals surface area contributed by atoms with Gasteiger partial charge >= 0.3 is 0 Å². The van der Waals surface area contributed by atoms with Crippen molar-refractivity contribution in [3.8, 4) is 0 Å². The Morgan fingerprint density at radius 2 is 1.77 bits per heavy atom. The summed E-state index contributed by atoms with van der Waals surface area (Å²) in [6.45, 7) is 3.93. The molecule has 2 amide bonds. The maximum absolute atomic E-state index is 13.4. The molecule has 2 aromatic carbocycles. The van der Waals surface area contributed by atoms with Gasteiger partial charge in [0.15, 0.2) is 0 Å². The van der Waals surface area contributed by atoms with Gasteiger partial charge in [0.1, 0.15) is 17.7 Å². The van der Waals surface area contributed by atoms with E-state index in [2.05, 4.69) is 5.32 Å². The topological polar surface area (TPSA) is 49.4 Å². The van der Waals surface area contributed by atoms with Crippen molar-refractivity contribution in [3.63, 3.8) is 0 Å². The normalized spacial score (nSPS) is 16.6. The van der Waals surface area contributed by atoms with Gasteiger partial charge in [-0.2, -0.15) is 0 Å². The number of hydrogen-bond acceptors (Lipinski definition) is 3. The number of nitrogens with zero attached hydrogens (tertiary/aromatic N) is 1. The van der Waals surface area contributed by atoms with Crippen LogP contribution in [0.4, 0.5) is 14.5 Å². The lowest BCUT2D eigenvalue weighted by atomic mass is 10.1. The third-order valence-corrected chi connectivity index (χ3v) is 5.34. The van der Waals surface area contributed by atoms with Gasteiger partial charge in [0, 0.05) is 23.1 Å². The van der Waals surface area contributed by atoms with Crippen LogP contribution in [0.3, 0.4) is 0 Å². The van der Waals surface area contributed by atoms with Crippen LogP contribution in [-0.4, -0.2) is 34.4 Å². The number of benzene rings is 2. The largest absolute Gasteiger partial charge is 0.324 e. The molecule has 0 aliphatic carbocycles. The van der Waals surface area contributed by atoms with Crippen molar-refractivity contribution in [1.29, 1.82) is 0 Å². The predicted molar refractivity (Wildman–Crippen MR) is 98.2 cm³/mol. The highest BCUT2D eigenvalue weighted by atomic mass is 32.2. The summed E-state index contributed by atoms with van der Waals surface area (Å²) in [7, 11) is 0. The molecule has 1 unspecified atom stereocenters. The van der Waals surface area contributed by atoms with Crippen molar-refractivity contribution in [1.82, 2.24) is 4.90 Å². The summed E-state index contributed by atoms with van der Waals surface area (Å²) < 4.78 is 26.8. The van der Waals surface area contributed by atoms with Crippen LogP contribution in [0.2, 0.25) is 0 Å². The number of hydrogen-bond donors (Lipinski definition) is 1. The van der Waals surface area contributed by atoms with Crippen molar-refractivity contribution in [2.75, 3.05) is 16.9 Å². The number of nitrogens with one attached hydrogen (secondary N) is 1. The van der Waals surface area contributed by atoms with Crippen LogP contribution in [0.25, 0.3) is 0 Å². The molecule has 1 fully saturated rings. The number of aryl methyl sites for hydroxylation is 2. The second-order valence-corrected chi connectivity index (χ2v) is 7.24. The quantitative estimate of drug-likeness (QED) is 0.888. The van der Waals surface area contributed by atoms with Crippen LogP contribution in [-0.2, 0) is 4.79 Å². The maximum Gasteiger partial charge on any atom is 0.255 e. The molecule has 1 atom stereocenters. The van der Waals surface area contributed by atoms with Gasteiger partial charge in [0.2, 0.25) is 5.91 Å². The molecule has 0 bridgehead atoms. The Balaban J connectivity index is 1.77. The molecule has 0 spiro atoms. The van der Waals surface area contributed by atoms with Crippen LogP contribution >= 0.6 is 11.8 Å². The number of carbonyl (C=O) groups is 2. The highest BCUT2D eigenvalue weighted by Crippen LogP contribution is 2.25. The average Bonchev–Trinajstić information content (AvgIpc) is 3.06. The number of rotatable bonds is 3. The predicted octanol–water partition coefficient (Wildman–Crippen LogP) is 3.74. The Bertz CT molecular complexity index is 852. The van der Waals surface area contributed by atoms with E-state index in [-0.39, 0.29) is 11.5 Å². The third-order valence-electron chi connectivity index (χ3n) is 4.33. The van der Waals surface area contributed by atoms with Gasteiger partial charge in [-0.15, -0.1) is 11.8 Å². The van der Waals surface area contributed by atoms with Gasteiger partial charge in [-0.25, -0.2) is 8.78 Å². The molecule has 0 saturated carbocycles. The third kappa shape index (κ3) is 3.88. The molecule has 136 valence electrons. The lowest BCUT2D eigenvalue weighted by Gasteiger charge is -2.23. The summed E-state index contributed by atoms with van der Waals surface area (Å²) in [6, 6.07) is 7.55. The smallest absolute Gasteiger partial charge is 0.255 e. The minimum atomic E-state index is -0.823. The summed E-state index contributed by atoms with van der Waals surface area (Å²) in [4.78, 5) is 26.6. The Kier molecular flexibility index (Phi) is 5.27. The van der Waals surface area contributed by atoms with Crippen LogP contribution in [0, 0.1) is 25.5 Å². The zero-order chi connectivity index (χ0) is 18.8. The number of anilines is 1. The second kappa shape index (κ2) is 7.45. The van der Waals surface area contributed by atoms with Crippen molar-refractivity contribution >= 4 is 29.3 Å². The molecule has 1 heterocycles. The summed E-state index contributed by atoms with van der Waals surface area (Å²) in [5.41, 5.74) is 2.71. The van der Waals surface area contributed by atoms with Gasteiger partial charge in [0.25, 0.3) is 5.91 Å². The summed E-state index contributed by atoms with van der Waals surface area (Å²) in [5, 5.41) is 2.82. The molecule has 1 aliphatic rings. The van der Waals surface area contributed by atoms with Crippen molar-refractivity contribution in [2.24, 2.45) is 0 Å². The first-order valence-corrected chi connectivity index (χ1v) is 9.23. The summed E-state index contributed by atoms with van der Waals surface area (Å²) in [6.07, 6.45) is 0. The van der Waals surface area contributed by atoms with Gasteiger partial charge in [0.05, 0.1) is 5.88 Å². The van der Waals surface area contributed by atoms with E-state index in [1.807, 2.05) is 26.0 Å². The van der Waals surface area contributed by atoms with E-state index < -0.39 is 23.6 Å². The lowest BCUT2D eigenvalue weighted by molar-refractivity contribution is -0.119. The van der Waals surface area contributed by atoms with Gasteiger partial charge in [-0.1, -0.05) is 6.07 Å². The minimum absolute atomic E-state index is 0.103. The molecule has 26 heavy (non-hydrogen) atoms. The molecule has 0 aromatic heterocycles. The molecule has 3 rings (SSSR count). The van der Waals surface area contributed by atoms with Crippen molar-refractivity contribution in [3.05, 3.63) is 64.7 Å². The summed E-state index contributed by atoms with van der Waals surface area (Å²) in [5.74, 6) is -1.80. The molecular weight excluding hydrogens is 358 g/mol. The van der Waals surface area contributed by atoms with Crippen LogP contribution in [0.5, 0.6) is 0 Å². The Labute approximate surface area is 154 Å². The van der Waals surface area contributed by atoms with Crippen molar-refractivity contribution in [2.45, 2.75) is 19.9 Å². The van der Waals surface area contributed by atoms with Crippen LogP contribution in [0.15, 0.2) is 36.4 Å². The van der Waals surface area contributed by atoms with E-state index in [0.29, 0.717) is 23.4 Å². The minimum Gasteiger partial charge on any atom is -0.324 e. The molecule has 1 saturated heterocycles. The monoisotopic (exact) mass is 376 g/mol.